The van der Waals surface area contributed by atoms with E-state index in [2.05, 4.69) is 25.1 Å². The summed E-state index contributed by atoms with van der Waals surface area (Å²) in [7, 11) is 0. The van der Waals surface area contributed by atoms with E-state index in [9.17, 15) is 0 Å². The zero-order valence-electron chi connectivity index (χ0n) is 8.75. The molecule has 0 spiro atoms. The van der Waals surface area contributed by atoms with Crippen molar-refractivity contribution in [3.8, 4) is 0 Å². The molecule has 1 aliphatic rings. The molecular formula is C11H21NS. The standard InChI is InChI=1S/C11H21NS/c1-4-9(2)12-10-5-7-11(13-3)8-6-10/h4,9-12H,1,5-8H2,2-3H3. The van der Waals surface area contributed by atoms with Crippen molar-refractivity contribution in [2.45, 2.75) is 49.9 Å². The molecule has 0 bridgehead atoms. The van der Waals surface area contributed by atoms with Crippen molar-refractivity contribution in [2.24, 2.45) is 0 Å². The van der Waals surface area contributed by atoms with Gasteiger partial charge in [0.2, 0.25) is 0 Å². The molecule has 0 aromatic rings. The number of hydrogen-bond acceptors (Lipinski definition) is 2. The maximum atomic E-state index is 3.79. The van der Waals surface area contributed by atoms with Gasteiger partial charge in [0.1, 0.15) is 0 Å². The Hall–Kier alpha value is 0.0500. The monoisotopic (exact) mass is 199 g/mol. The average molecular weight is 199 g/mol. The molecule has 1 aliphatic carbocycles. The summed E-state index contributed by atoms with van der Waals surface area (Å²) in [6.07, 6.45) is 9.64. The minimum absolute atomic E-state index is 0.468. The van der Waals surface area contributed by atoms with E-state index in [1.165, 1.54) is 25.7 Å². The molecule has 2 heteroatoms. The first-order valence-corrected chi connectivity index (χ1v) is 6.46. The third-order valence-electron chi connectivity index (χ3n) is 2.86. The molecule has 0 amide bonds. The Morgan fingerprint density at radius 2 is 2.00 bits per heavy atom. The predicted octanol–water partition coefficient (Wildman–Crippen LogP) is 2.82. The molecule has 0 aromatic heterocycles. The molecule has 1 unspecified atom stereocenters. The van der Waals surface area contributed by atoms with Gasteiger partial charge < -0.3 is 5.32 Å². The quantitative estimate of drug-likeness (QED) is 0.699. The summed E-state index contributed by atoms with van der Waals surface area (Å²) in [5.41, 5.74) is 0. The number of hydrogen-bond donors (Lipinski definition) is 1. The minimum Gasteiger partial charge on any atom is -0.308 e. The molecule has 1 rings (SSSR count). The number of rotatable bonds is 4. The van der Waals surface area contributed by atoms with Crippen molar-refractivity contribution in [2.75, 3.05) is 6.26 Å². The van der Waals surface area contributed by atoms with Crippen LogP contribution in [0.1, 0.15) is 32.6 Å². The maximum Gasteiger partial charge on any atom is 0.0221 e. The molecule has 1 N–H and O–H groups in total. The van der Waals surface area contributed by atoms with Crippen molar-refractivity contribution in [1.82, 2.24) is 5.32 Å². The van der Waals surface area contributed by atoms with E-state index in [1.807, 2.05) is 17.8 Å². The summed E-state index contributed by atoms with van der Waals surface area (Å²) in [5.74, 6) is 0. The van der Waals surface area contributed by atoms with Gasteiger partial charge in [-0.05, 0) is 38.9 Å². The summed E-state index contributed by atoms with van der Waals surface area (Å²) < 4.78 is 0. The second-order valence-electron chi connectivity index (χ2n) is 3.90. The lowest BCUT2D eigenvalue weighted by atomic mass is 9.94. The van der Waals surface area contributed by atoms with Gasteiger partial charge in [0, 0.05) is 17.3 Å². The Morgan fingerprint density at radius 1 is 1.38 bits per heavy atom. The van der Waals surface area contributed by atoms with Crippen LogP contribution in [0.4, 0.5) is 0 Å². The van der Waals surface area contributed by atoms with Gasteiger partial charge in [-0.25, -0.2) is 0 Å². The second kappa shape index (κ2) is 5.71. The van der Waals surface area contributed by atoms with Crippen molar-refractivity contribution < 1.29 is 0 Å². The Kier molecular flexibility index (Phi) is 4.89. The molecule has 1 atom stereocenters. The van der Waals surface area contributed by atoms with E-state index >= 15 is 0 Å². The molecular weight excluding hydrogens is 178 g/mol. The van der Waals surface area contributed by atoms with Crippen LogP contribution in [0.3, 0.4) is 0 Å². The Bertz CT molecular complexity index is 150. The molecule has 0 heterocycles. The Labute approximate surface area is 86.4 Å². The Morgan fingerprint density at radius 3 is 2.46 bits per heavy atom. The summed E-state index contributed by atoms with van der Waals surface area (Å²) in [5, 5.41) is 4.50. The summed E-state index contributed by atoms with van der Waals surface area (Å²) in [6.45, 7) is 5.96. The van der Waals surface area contributed by atoms with E-state index in [-0.39, 0.29) is 0 Å². The number of thioether (sulfide) groups is 1. The predicted molar refractivity (Wildman–Crippen MR) is 62.4 cm³/mol. The molecule has 1 fully saturated rings. The van der Waals surface area contributed by atoms with Crippen LogP contribution in [0.2, 0.25) is 0 Å². The van der Waals surface area contributed by atoms with E-state index in [0.29, 0.717) is 6.04 Å². The Balaban J connectivity index is 2.21. The SMILES string of the molecule is C=CC(C)NC1CCC(SC)CC1. The molecule has 0 aromatic carbocycles. The first-order chi connectivity index (χ1) is 6.26. The smallest absolute Gasteiger partial charge is 0.0221 e. The van der Waals surface area contributed by atoms with Crippen LogP contribution in [0, 0.1) is 0 Å². The van der Waals surface area contributed by atoms with E-state index in [1.54, 1.807) is 0 Å². The molecule has 1 nitrogen and oxygen atoms in total. The third-order valence-corrected chi connectivity index (χ3v) is 4.00. The van der Waals surface area contributed by atoms with Gasteiger partial charge in [-0.2, -0.15) is 11.8 Å². The fourth-order valence-electron chi connectivity index (χ4n) is 1.91. The van der Waals surface area contributed by atoms with Crippen LogP contribution in [0.5, 0.6) is 0 Å². The maximum absolute atomic E-state index is 3.79. The van der Waals surface area contributed by atoms with Crippen LogP contribution >= 0.6 is 11.8 Å². The largest absolute Gasteiger partial charge is 0.308 e. The minimum atomic E-state index is 0.468. The first kappa shape index (κ1) is 11.1. The van der Waals surface area contributed by atoms with Gasteiger partial charge in [-0.1, -0.05) is 6.08 Å². The van der Waals surface area contributed by atoms with Crippen LogP contribution in [0.15, 0.2) is 12.7 Å². The van der Waals surface area contributed by atoms with Crippen molar-refractivity contribution in [3.05, 3.63) is 12.7 Å². The van der Waals surface area contributed by atoms with Crippen molar-refractivity contribution in [1.29, 1.82) is 0 Å². The lowest BCUT2D eigenvalue weighted by Gasteiger charge is -2.29. The fraction of sp³-hybridized carbons (Fsp3) is 0.818. The zero-order chi connectivity index (χ0) is 9.68. The highest BCUT2D eigenvalue weighted by Crippen LogP contribution is 2.26. The highest BCUT2D eigenvalue weighted by molar-refractivity contribution is 7.99. The zero-order valence-corrected chi connectivity index (χ0v) is 9.57. The third kappa shape index (κ3) is 3.74. The molecule has 0 saturated heterocycles. The molecule has 0 aliphatic heterocycles. The number of nitrogens with one attached hydrogen (secondary N) is 1. The second-order valence-corrected chi connectivity index (χ2v) is 5.04. The van der Waals surface area contributed by atoms with E-state index < -0.39 is 0 Å². The van der Waals surface area contributed by atoms with Crippen LogP contribution < -0.4 is 5.32 Å². The lowest BCUT2D eigenvalue weighted by molar-refractivity contribution is 0.368. The molecule has 1 saturated carbocycles. The van der Waals surface area contributed by atoms with Crippen LogP contribution in [0.25, 0.3) is 0 Å². The molecule has 76 valence electrons. The summed E-state index contributed by atoms with van der Waals surface area (Å²) in [6, 6.07) is 1.20. The normalized spacial score (nSPS) is 31.2. The van der Waals surface area contributed by atoms with Crippen molar-refractivity contribution >= 4 is 11.8 Å². The molecule has 0 radical (unpaired) electrons. The lowest BCUT2D eigenvalue weighted by Crippen LogP contribution is -2.38. The topological polar surface area (TPSA) is 12.0 Å². The van der Waals surface area contributed by atoms with Gasteiger partial charge in [0.25, 0.3) is 0 Å². The van der Waals surface area contributed by atoms with Crippen LogP contribution in [-0.2, 0) is 0 Å². The van der Waals surface area contributed by atoms with Crippen LogP contribution in [-0.4, -0.2) is 23.6 Å². The highest BCUT2D eigenvalue weighted by Gasteiger charge is 2.20. The van der Waals surface area contributed by atoms with Gasteiger partial charge in [-0.15, -0.1) is 6.58 Å². The summed E-state index contributed by atoms with van der Waals surface area (Å²) >= 11 is 2.02. The highest BCUT2D eigenvalue weighted by atomic mass is 32.2. The van der Waals surface area contributed by atoms with E-state index in [4.69, 9.17) is 0 Å². The average Bonchev–Trinajstić information content (AvgIpc) is 2.19. The van der Waals surface area contributed by atoms with E-state index in [0.717, 1.165) is 11.3 Å². The summed E-state index contributed by atoms with van der Waals surface area (Å²) in [4.78, 5) is 0. The van der Waals surface area contributed by atoms with Gasteiger partial charge in [-0.3, -0.25) is 0 Å². The van der Waals surface area contributed by atoms with Gasteiger partial charge in [0.15, 0.2) is 0 Å². The van der Waals surface area contributed by atoms with Gasteiger partial charge in [0.05, 0.1) is 0 Å². The first-order valence-electron chi connectivity index (χ1n) is 5.17. The van der Waals surface area contributed by atoms with Crippen molar-refractivity contribution in [3.63, 3.8) is 0 Å². The van der Waals surface area contributed by atoms with Gasteiger partial charge >= 0.3 is 0 Å². The fourth-order valence-corrected chi connectivity index (χ4v) is 2.65. The molecule has 13 heavy (non-hydrogen) atoms.